The lowest BCUT2D eigenvalue weighted by atomic mass is 9.50. The predicted octanol–water partition coefficient (Wildman–Crippen LogP) is 8.81. The zero-order chi connectivity index (χ0) is 27.4. The van der Waals surface area contributed by atoms with E-state index in [4.69, 9.17) is 10.5 Å². The first-order valence-corrected chi connectivity index (χ1v) is 15.3. The molecule has 2 aliphatic rings. The van der Waals surface area contributed by atoms with Crippen molar-refractivity contribution in [2.45, 2.75) is 139 Å². The number of carbonyl (C=O) groups is 1. The van der Waals surface area contributed by atoms with Gasteiger partial charge in [-0.25, -0.2) is 0 Å². The van der Waals surface area contributed by atoms with Crippen LogP contribution in [0.25, 0.3) is 0 Å². The van der Waals surface area contributed by atoms with Gasteiger partial charge in [0.1, 0.15) is 12.1 Å². The summed E-state index contributed by atoms with van der Waals surface area (Å²) in [6.07, 6.45) is 11.3. The molecule has 2 rings (SSSR count). The molecule has 3 nitrogen and oxygen atoms in total. The molecule has 0 aromatic rings. The van der Waals surface area contributed by atoms with Crippen LogP contribution in [0.2, 0.25) is 0 Å². The molecule has 3 heteroatoms. The minimum Gasteiger partial charge on any atom is -0.461 e. The SMILES string of the molecule is C=C(C)[C@](C)(CCC(C)C)[C@H]1CC[C@]2(C)[C@@H]([C@H](C)CC[C@H](OC(=O)[C@H](C)N)C(C)C)CC[C@H]2[C@@H]1CC. The molecule has 0 radical (unpaired) electrons. The van der Waals surface area contributed by atoms with Crippen molar-refractivity contribution in [1.82, 2.24) is 0 Å². The average molecular weight is 504 g/mol. The van der Waals surface area contributed by atoms with Gasteiger partial charge in [0.2, 0.25) is 0 Å². The molecule has 0 aromatic carbocycles. The van der Waals surface area contributed by atoms with E-state index >= 15 is 0 Å². The molecule has 2 fully saturated rings. The summed E-state index contributed by atoms with van der Waals surface area (Å²) in [6, 6.07) is -0.551. The number of carbonyl (C=O) groups excluding carboxylic acids is 1. The smallest absolute Gasteiger partial charge is 0.322 e. The maximum absolute atomic E-state index is 12.2. The molecule has 2 aliphatic carbocycles. The molecule has 36 heavy (non-hydrogen) atoms. The number of allylic oxidation sites excluding steroid dienone is 1. The van der Waals surface area contributed by atoms with Crippen LogP contribution in [-0.2, 0) is 9.53 Å². The van der Waals surface area contributed by atoms with Crippen LogP contribution in [0.3, 0.4) is 0 Å². The van der Waals surface area contributed by atoms with Crippen molar-refractivity contribution >= 4 is 5.97 Å². The predicted molar refractivity (Wildman–Crippen MR) is 155 cm³/mol. The number of esters is 1. The van der Waals surface area contributed by atoms with E-state index in [1.807, 2.05) is 0 Å². The molecule has 210 valence electrons. The Bertz CT molecular complexity index is 727. The van der Waals surface area contributed by atoms with Crippen LogP contribution < -0.4 is 5.73 Å². The summed E-state index contributed by atoms with van der Waals surface area (Å²) in [7, 11) is 0. The van der Waals surface area contributed by atoms with E-state index < -0.39 is 6.04 Å². The summed E-state index contributed by atoms with van der Waals surface area (Å²) in [5.74, 6) is 4.59. The molecule has 0 aliphatic heterocycles. The van der Waals surface area contributed by atoms with Crippen LogP contribution in [-0.4, -0.2) is 18.1 Å². The van der Waals surface area contributed by atoms with Crippen molar-refractivity contribution in [3.63, 3.8) is 0 Å². The van der Waals surface area contributed by atoms with Gasteiger partial charge >= 0.3 is 5.97 Å². The van der Waals surface area contributed by atoms with Crippen molar-refractivity contribution in [2.24, 2.45) is 58.0 Å². The number of hydrogen-bond donors (Lipinski definition) is 1. The fourth-order valence-corrected chi connectivity index (χ4v) is 8.34. The Kier molecular flexibility index (Phi) is 11.2. The maximum Gasteiger partial charge on any atom is 0.322 e. The molecular formula is C33H61NO2. The number of rotatable bonds is 13. The molecular weight excluding hydrogens is 442 g/mol. The van der Waals surface area contributed by atoms with Gasteiger partial charge < -0.3 is 10.5 Å². The summed E-state index contributed by atoms with van der Waals surface area (Å²) in [6.45, 7) is 27.7. The lowest BCUT2D eigenvalue weighted by Crippen LogP contribution is -2.47. The van der Waals surface area contributed by atoms with E-state index in [0.29, 0.717) is 17.3 Å². The van der Waals surface area contributed by atoms with Crippen molar-refractivity contribution in [1.29, 1.82) is 0 Å². The Balaban J connectivity index is 2.15. The molecule has 0 unspecified atom stereocenters. The third-order valence-corrected chi connectivity index (χ3v) is 11.0. The fraction of sp³-hybridized carbons (Fsp3) is 0.909. The van der Waals surface area contributed by atoms with Gasteiger partial charge in [-0.3, -0.25) is 4.79 Å². The Hall–Kier alpha value is -0.830. The van der Waals surface area contributed by atoms with E-state index in [0.717, 1.165) is 42.4 Å². The lowest BCUT2D eigenvalue weighted by Gasteiger charge is -2.55. The quantitative estimate of drug-likeness (QED) is 0.202. The first-order chi connectivity index (χ1) is 16.7. The van der Waals surface area contributed by atoms with Crippen LogP contribution in [0.1, 0.15) is 127 Å². The molecule has 0 amide bonds. The normalized spacial score (nSPS) is 32.6. The average Bonchev–Trinajstić information content (AvgIpc) is 3.15. The van der Waals surface area contributed by atoms with E-state index in [2.05, 4.69) is 68.9 Å². The molecule has 0 saturated heterocycles. The highest BCUT2D eigenvalue weighted by molar-refractivity contribution is 5.75. The van der Waals surface area contributed by atoms with Crippen molar-refractivity contribution in [2.75, 3.05) is 0 Å². The second-order valence-electron chi connectivity index (χ2n) is 14.2. The van der Waals surface area contributed by atoms with Gasteiger partial charge in [-0.15, -0.1) is 0 Å². The van der Waals surface area contributed by atoms with Crippen LogP contribution in [0.15, 0.2) is 12.2 Å². The van der Waals surface area contributed by atoms with Gasteiger partial charge in [0.05, 0.1) is 0 Å². The van der Waals surface area contributed by atoms with E-state index in [-0.39, 0.29) is 17.5 Å². The molecule has 2 saturated carbocycles. The van der Waals surface area contributed by atoms with Crippen LogP contribution >= 0.6 is 0 Å². The summed E-state index contributed by atoms with van der Waals surface area (Å²) >= 11 is 0. The van der Waals surface area contributed by atoms with E-state index in [9.17, 15) is 4.79 Å². The summed E-state index contributed by atoms with van der Waals surface area (Å²) in [5.41, 5.74) is 7.86. The zero-order valence-electron chi connectivity index (χ0n) is 25.7. The van der Waals surface area contributed by atoms with Crippen molar-refractivity contribution < 1.29 is 9.53 Å². The monoisotopic (exact) mass is 503 g/mol. The molecule has 0 aromatic heterocycles. The second-order valence-corrected chi connectivity index (χ2v) is 14.2. The zero-order valence-corrected chi connectivity index (χ0v) is 25.7. The molecule has 0 heterocycles. The molecule has 0 bridgehead atoms. The van der Waals surface area contributed by atoms with Crippen molar-refractivity contribution in [3.05, 3.63) is 12.2 Å². The standard InChI is InChI=1S/C33H61NO2/c1-12-26-28-15-14-27(24(8)13-16-30(22(4)5)36-31(35)25(9)34)33(28,11)20-18-29(26)32(10,23(6)7)19-17-21(2)3/h21-22,24-30H,6,12-20,34H2,1-5,7-11H3/t24-,25+,26+,27-,28+,29+,30+,32+,33-/m1/s1. The molecule has 9 atom stereocenters. The largest absolute Gasteiger partial charge is 0.461 e. The van der Waals surface area contributed by atoms with E-state index in [1.54, 1.807) is 6.92 Å². The second kappa shape index (κ2) is 12.8. The highest BCUT2D eigenvalue weighted by Crippen LogP contribution is 2.65. The summed E-state index contributed by atoms with van der Waals surface area (Å²) in [5, 5.41) is 0. The Morgan fingerprint density at radius 2 is 1.72 bits per heavy atom. The summed E-state index contributed by atoms with van der Waals surface area (Å²) < 4.78 is 5.79. The lowest BCUT2D eigenvalue weighted by molar-refractivity contribution is -0.153. The summed E-state index contributed by atoms with van der Waals surface area (Å²) in [4.78, 5) is 12.2. The Morgan fingerprint density at radius 3 is 2.22 bits per heavy atom. The third-order valence-electron chi connectivity index (χ3n) is 11.0. The van der Waals surface area contributed by atoms with Crippen LogP contribution in [0, 0.1) is 52.3 Å². The minimum atomic E-state index is -0.551. The first-order valence-electron chi connectivity index (χ1n) is 15.3. The van der Waals surface area contributed by atoms with E-state index in [1.165, 1.54) is 50.5 Å². The van der Waals surface area contributed by atoms with Gasteiger partial charge in [-0.1, -0.05) is 80.4 Å². The number of nitrogens with two attached hydrogens (primary N) is 1. The van der Waals surface area contributed by atoms with Gasteiger partial charge in [0, 0.05) is 0 Å². The van der Waals surface area contributed by atoms with Crippen molar-refractivity contribution in [3.8, 4) is 0 Å². The minimum absolute atomic E-state index is 0.0349. The fourth-order valence-electron chi connectivity index (χ4n) is 8.34. The highest BCUT2D eigenvalue weighted by Gasteiger charge is 2.56. The number of fused-ring (bicyclic) bond motifs is 1. The molecule has 0 spiro atoms. The highest BCUT2D eigenvalue weighted by atomic mass is 16.5. The van der Waals surface area contributed by atoms with Crippen LogP contribution in [0.5, 0.6) is 0 Å². The number of ether oxygens (including phenoxy) is 1. The van der Waals surface area contributed by atoms with Gasteiger partial charge in [-0.05, 0) is 111 Å². The van der Waals surface area contributed by atoms with Crippen LogP contribution in [0.4, 0.5) is 0 Å². The Labute approximate surface area is 224 Å². The van der Waals surface area contributed by atoms with Gasteiger partial charge in [-0.2, -0.15) is 0 Å². The third kappa shape index (κ3) is 6.78. The topological polar surface area (TPSA) is 52.3 Å². The number of hydrogen-bond acceptors (Lipinski definition) is 3. The van der Waals surface area contributed by atoms with Gasteiger partial charge in [0.15, 0.2) is 0 Å². The first kappa shape index (κ1) is 31.4. The maximum atomic E-state index is 12.2. The Morgan fingerprint density at radius 1 is 1.08 bits per heavy atom. The van der Waals surface area contributed by atoms with Gasteiger partial charge in [0.25, 0.3) is 0 Å². The molecule has 2 N–H and O–H groups in total.